The first kappa shape index (κ1) is 42.3. The van der Waals surface area contributed by atoms with Crippen molar-refractivity contribution >= 4 is 113 Å². The van der Waals surface area contributed by atoms with Gasteiger partial charge in [-0.3, -0.25) is 10.3 Å². The number of nitrogens with zero attached hydrogens (tertiary/aromatic N) is 2. The van der Waals surface area contributed by atoms with E-state index in [1.807, 2.05) is 11.3 Å². The normalized spacial score (nSPS) is 17.3. The van der Waals surface area contributed by atoms with Gasteiger partial charge in [-0.05, 0) is 126 Å². The highest BCUT2D eigenvalue weighted by molar-refractivity contribution is 7.26. The highest BCUT2D eigenvalue weighted by Gasteiger charge is 2.34. The molecule has 1 N–H and O–H groups in total. The molecule has 0 radical (unpaired) electrons. The summed E-state index contributed by atoms with van der Waals surface area (Å²) in [6.45, 7) is 2.48. The first-order valence-electron chi connectivity index (χ1n) is 25.7. The molecule has 0 bridgehead atoms. The Morgan fingerprint density at radius 2 is 0.973 bits per heavy atom. The van der Waals surface area contributed by atoms with Gasteiger partial charge in [-0.25, -0.2) is 0 Å². The third-order valence-electron chi connectivity index (χ3n) is 16.0. The van der Waals surface area contributed by atoms with E-state index in [2.05, 4.69) is 247 Å². The van der Waals surface area contributed by atoms with E-state index in [-0.39, 0.29) is 18.1 Å². The standard InChI is InChI=1S/C69H49N3S/c1-42-31-36-60(45-34-32-44(33-35-45)43-17-3-2-4-18-43)70-69(59-39-50-23-9-10-24-51(50)52-25-11-12-26-53(52)59)71-66(42)64-54-27-13-14-28-55(54)68-65(56-29-15-16-30-63(56)73-68)67(64)72-61-40-48-21-7-5-19-46(48)37-57(61)58-38-47-20-6-8-22-49(47)41-62(58)72/h2-30,32-35,37-42,66,69,71H,31,36H2,1H3/b70-60+. The summed E-state index contributed by atoms with van der Waals surface area (Å²) in [6, 6.07) is 85.7. The van der Waals surface area contributed by atoms with Crippen molar-refractivity contribution in [3.8, 4) is 16.8 Å². The maximum absolute atomic E-state index is 5.99. The fraction of sp³-hybridized carbons (Fsp3) is 0.0870. The molecule has 0 spiro atoms. The molecule has 1 aliphatic heterocycles. The van der Waals surface area contributed by atoms with Crippen molar-refractivity contribution in [3.05, 3.63) is 247 Å². The largest absolute Gasteiger partial charge is 0.308 e. The summed E-state index contributed by atoms with van der Waals surface area (Å²) in [6.07, 6.45) is 1.41. The maximum Gasteiger partial charge on any atom is 0.127 e. The van der Waals surface area contributed by atoms with Gasteiger partial charge >= 0.3 is 0 Å². The Bertz CT molecular complexity index is 4470. The van der Waals surface area contributed by atoms with E-state index in [1.165, 1.54) is 129 Å². The molecule has 4 heteroatoms. The molecule has 346 valence electrons. The van der Waals surface area contributed by atoms with Crippen LogP contribution >= 0.6 is 11.3 Å². The zero-order valence-corrected chi connectivity index (χ0v) is 41.2. The Morgan fingerprint density at radius 3 is 1.66 bits per heavy atom. The summed E-state index contributed by atoms with van der Waals surface area (Å²) >= 11 is 1.92. The predicted molar refractivity (Wildman–Crippen MR) is 313 cm³/mol. The molecule has 15 rings (SSSR count). The van der Waals surface area contributed by atoms with Gasteiger partial charge < -0.3 is 4.57 Å². The van der Waals surface area contributed by atoms with E-state index < -0.39 is 0 Å². The van der Waals surface area contributed by atoms with Gasteiger partial charge in [-0.1, -0.05) is 201 Å². The van der Waals surface area contributed by atoms with Crippen LogP contribution in [-0.2, 0) is 0 Å². The van der Waals surface area contributed by atoms with Crippen LogP contribution in [0.1, 0.15) is 48.7 Å². The highest BCUT2D eigenvalue weighted by Crippen LogP contribution is 2.51. The fourth-order valence-corrected chi connectivity index (χ4v) is 13.7. The van der Waals surface area contributed by atoms with Crippen molar-refractivity contribution < 1.29 is 0 Å². The molecule has 3 nitrogen and oxygen atoms in total. The van der Waals surface area contributed by atoms with E-state index in [4.69, 9.17) is 4.99 Å². The Labute approximate surface area is 427 Å². The van der Waals surface area contributed by atoms with Gasteiger partial charge in [0.25, 0.3) is 0 Å². The maximum atomic E-state index is 5.99. The minimum Gasteiger partial charge on any atom is -0.308 e. The van der Waals surface area contributed by atoms with E-state index in [0.29, 0.717) is 0 Å². The Hall–Kier alpha value is -8.41. The number of fused-ring (bicyclic) bond motifs is 13. The molecule has 73 heavy (non-hydrogen) atoms. The second-order valence-electron chi connectivity index (χ2n) is 20.2. The molecule has 0 saturated carbocycles. The van der Waals surface area contributed by atoms with E-state index >= 15 is 0 Å². The molecule has 14 aromatic rings. The summed E-state index contributed by atoms with van der Waals surface area (Å²) in [5.74, 6) is 0.197. The van der Waals surface area contributed by atoms with Crippen LogP contribution in [0.4, 0.5) is 0 Å². The molecular formula is C69H49N3S. The zero-order valence-electron chi connectivity index (χ0n) is 40.4. The smallest absolute Gasteiger partial charge is 0.127 e. The van der Waals surface area contributed by atoms with Crippen molar-refractivity contribution in [1.82, 2.24) is 9.88 Å². The van der Waals surface area contributed by atoms with Crippen LogP contribution in [0.5, 0.6) is 0 Å². The molecule has 12 aromatic carbocycles. The first-order chi connectivity index (χ1) is 36.1. The molecule has 0 fully saturated rings. The first-order valence-corrected chi connectivity index (χ1v) is 26.5. The number of hydrogen-bond acceptors (Lipinski definition) is 3. The summed E-state index contributed by atoms with van der Waals surface area (Å²) in [4.78, 5) is 5.99. The molecule has 0 saturated heterocycles. The molecule has 3 heterocycles. The number of rotatable bonds is 5. The average molecular weight is 952 g/mol. The van der Waals surface area contributed by atoms with Gasteiger partial charge in [0.05, 0.1) is 16.7 Å². The minimum atomic E-state index is -0.376. The van der Waals surface area contributed by atoms with Crippen molar-refractivity contribution in [2.45, 2.75) is 32.0 Å². The molecular weight excluding hydrogens is 903 g/mol. The summed E-state index contributed by atoms with van der Waals surface area (Å²) in [7, 11) is 0. The highest BCUT2D eigenvalue weighted by atomic mass is 32.1. The van der Waals surface area contributed by atoms with Crippen LogP contribution in [-0.4, -0.2) is 10.3 Å². The number of benzene rings is 12. The van der Waals surface area contributed by atoms with Crippen molar-refractivity contribution in [2.75, 3.05) is 0 Å². The molecule has 2 aromatic heterocycles. The lowest BCUT2D eigenvalue weighted by Gasteiger charge is -2.35. The van der Waals surface area contributed by atoms with Gasteiger partial charge in [0, 0.05) is 53.6 Å². The topological polar surface area (TPSA) is 29.3 Å². The predicted octanol–water partition coefficient (Wildman–Crippen LogP) is 18.8. The van der Waals surface area contributed by atoms with Crippen LogP contribution in [0.25, 0.3) is 113 Å². The summed E-state index contributed by atoms with van der Waals surface area (Å²) in [5, 5.41) is 22.1. The van der Waals surface area contributed by atoms with Gasteiger partial charge in [-0.2, -0.15) is 0 Å². The van der Waals surface area contributed by atoms with Gasteiger partial charge in [-0.15, -0.1) is 11.3 Å². The Morgan fingerprint density at radius 1 is 0.452 bits per heavy atom. The van der Waals surface area contributed by atoms with E-state index in [0.717, 1.165) is 18.6 Å². The molecule has 3 unspecified atom stereocenters. The number of thiophene rings is 1. The third-order valence-corrected chi connectivity index (χ3v) is 17.2. The van der Waals surface area contributed by atoms with Gasteiger partial charge in [0.15, 0.2) is 0 Å². The van der Waals surface area contributed by atoms with Crippen LogP contribution in [0, 0.1) is 5.92 Å². The lowest BCUT2D eigenvalue weighted by atomic mass is 9.83. The number of hydrogen-bond donors (Lipinski definition) is 1. The van der Waals surface area contributed by atoms with Gasteiger partial charge in [0.1, 0.15) is 6.17 Å². The SMILES string of the molecule is CC1CC/C(c2ccc(-c3ccccc3)cc2)=N\C(c2cc3ccccc3c3ccccc23)NC1c1c(-n2c3cc4ccccc4cc3c3cc4ccccc4cc32)c2c3ccccc3sc2c2ccccc12. The van der Waals surface area contributed by atoms with Crippen LogP contribution in [0.3, 0.4) is 0 Å². The van der Waals surface area contributed by atoms with Crippen LogP contribution in [0.15, 0.2) is 236 Å². The fourth-order valence-electron chi connectivity index (χ4n) is 12.5. The lowest BCUT2D eigenvalue weighted by molar-refractivity contribution is 0.331. The monoisotopic (exact) mass is 951 g/mol. The average Bonchev–Trinajstić information content (AvgIpc) is 3.98. The van der Waals surface area contributed by atoms with Crippen molar-refractivity contribution in [2.24, 2.45) is 10.9 Å². The lowest BCUT2D eigenvalue weighted by Crippen LogP contribution is -2.34. The summed E-state index contributed by atoms with van der Waals surface area (Å²) in [5.41, 5.74) is 10.9. The Kier molecular flexibility index (Phi) is 9.76. The van der Waals surface area contributed by atoms with E-state index in [9.17, 15) is 0 Å². The summed E-state index contributed by atoms with van der Waals surface area (Å²) < 4.78 is 5.29. The molecule has 0 amide bonds. The third kappa shape index (κ3) is 6.78. The molecule has 3 atom stereocenters. The molecule has 0 aliphatic carbocycles. The molecule has 1 aliphatic rings. The second kappa shape index (κ2) is 16.9. The van der Waals surface area contributed by atoms with Crippen molar-refractivity contribution in [1.29, 1.82) is 0 Å². The van der Waals surface area contributed by atoms with Crippen LogP contribution < -0.4 is 5.32 Å². The Balaban J connectivity index is 1.05. The van der Waals surface area contributed by atoms with E-state index in [1.54, 1.807) is 0 Å². The van der Waals surface area contributed by atoms with Crippen molar-refractivity contribution in [3.63, 3.8) is 0 Å². The number of nitrogens with one attached hydrogen (secondary N) is 1. The minimum absolute atomic E-state index is 0.114. The van der Waals surface area contributed by atoms with Gasteiger partial charge in [0.2, 0.25) is 0 Å². The number of aromatic nitrogens is 1. The second-order valence-corrected chi connectivity index (χ2v) is 21.2. The number of aliphatic imine (C=N–C) groups is 1. The zero-order chi connectivity index (χ0) is 48.1. The quantitative estimate of drug-likeness (QED) is 0.171. The van der Waals surface area contributed by atoms with Crippen LogP contribution in [0.2, 0.25) is 0 Å².